The van der Waals surface area contributed by atoms with E-state index in [1.54, 1.807) is 0 Å². The van der Waals surface area contributed by atoms with E-state index >= 15 is 0 Å². The molecule has 0 radical (unpaired) electrons. The molecule has 0 saturated carbocycles. The van der Waals surface area contributed by atoms with Crippen LogP contribution >= 0.6 is 11.3 Å². The Hall–Kier alpha value is -18.8. The highest BCUT2D eigenvalue weighted by atomic mass is 32.1. The molecule has 0 spiro atoms. The van der Waals surface area contributed by atoms with Gasteiger partial charge in [0.15, 0.2) is 11.6 Å². The van der Waals surface area contributed by atoms with Gasteiger partial charge in [-0.3, -0.25) is 13.7 Å². The maximum Gasteiger partial charge on any atom is 0.235 e. The number of thiophene rings is 1. The van der Waals surface area contributed by atoms with Crippen LogP contribution in [0.4, 0.5) is 0 Å². The number of furan rings is 4. The lowest BCUT2D eigenvalue weighted by atomic mass is 9.95. The van der Waals surface area contributed by atoms with Crippen LogP contribution in [0.2, 0.25) is 0 Å². The fourth-order valence-corrected chi connectivity index (χ4v) is 25.0. The van der Waals surface area contributed by atoms with Gasteiger partial charge < -0.3 is 17.7 Å². The van der Waals surface area contributed by atoms with Gasteiger partial charge in [0, 0.05) is 118 Å². The van der Waals surface area contributed by atoms with E-state index in [-0.39, 0.29) is 0 Å². The zero-order valence-electron chi connectivity index (χ0n) is 74.2. The maximum atomic E-state index is 6.60. The summed E-state index contributed by atoms with van der Waals surface area (Å²) in [5, 5.41) is 34.0. The minimum atomic E-state index is 0.657. The largest absolute Gasteiger partial charge is 0.456 e. The lowest BCUT2D eigenvalue weighted by Gasteiger charge is -2.14. The molecule has 140 heavy (non-hydrogen) atoms. The van der Waals surface area contributed by atoms with E-state index in [1.807, 2.05) is 72.0 Å². The molecule has 11 heterocycles. The molecule has 23 aromatic carbocycles. The highest BCUT2D eigenvalue weighted by Gasteiger charge is 2.32. The summed E-state index contributed by atoms with van der Waals surface area (Å²) in [6.45, 7) is 0. The number of aromatic nitrogens is 9. The molecule has 0 atom stereocenters. The van der Waals surface area contributed by atoms with E-state index in [9.17, 15) is 0 Å². The van der Waals surface area contributed by atoms with Crippen molar-refractivity contribution in [2.75, 3.05) is 0 Å². The smallest absolute Gasteiger partial charge is 0.235 e. The van der Waals surface area contributed by atoms with E-state index in [4.69, 9.17) is 47.6 Å². The Morgan fingerprint density at radius 2 is 0.514 bits per heavy atom. The van der Waals surface area contributed by atoms with Gasteiger partial charge in [-0.2, -0.15) is 0 Å². The van der Waals surface area contributed by atoms with Crippen molar-refractivity contribution in [3.8, 4) is 51.4 Å². The molecule has 13 nitrogen and oxygen atoms in total. The molecule has 0 bridgehead atoms. The molecule has 0 aliphatic heterocycles. The normalized spacial score (nSPS) is 12.4. The molecule has 0 saturated heterocycles. The number of hydrogen-bond donors (Lipinski definition) is 0. The SMILES string of the molecule is c1ccc(-c2nc(-n3c4cccc5c6ccccc6c6cccc7oc8ccc3c(c8c76)c54)nc3ccccc23)cc1.c1ccc2nc(-n3c4cccc5c6ccccc6c6cccc7oc8ccc3c(c8c76)c54)c(-c3cccc4c3oc3ccccc34)nc2c1.c1ccc2nc(-n3c4cccc5c6ccccc6c6cccc7oc8ccc3c(c8c76)c54)c(-c3cccc4c3sc3ccccc34)nc2c1. The van der Waals surface area contributed by atoms with Crippen LogP contribution in [0, 0.1) is 0 Å². The van der Waals surface area contributed by atoms with Crippen molar-refractivity contribution in [1.29, 1.82) is 0 Å². The molecule has 0 aliphatic carbocycles. The molecular weight excluding hydrogens is 1740 g/mol. The van der Waals surface area contributed by atoms with Gasteiger partial charge in [-0.15, -0.1) is 11.3 Å². The minimum Gasteiger partial charge on any atom is -0.456 e. The van der Waals surface area contributed by atoms with E-state index in [0.717, 1.165) is 205 Å². The summed E-state index contributed by atoms with van der Waals surface area (Å²) in [4.78, 5) is 32.2. The predicted octanol–water partition coefficient (Wildman–Crippen LogP) is 34.4. The summed E-state index contributed by atoms with van der Waals surface area (Å²) in [6.07, 6.45) is 0. The summed E-state index contributed by atoms with van der Waals surface area (Å²) in [5.41, 5.74) is 23.4. The van der Waals surface area contributed by atoms with Crippen LogP contribution in [0.15, 0.2) is 424 Å². The standard InChI is InChI=1S/C44H23N3O2.C44H23N3OS.C38H21N3O/c1-2-11-25-24(10-1)27-13-8-19-33-38(27)40-34(22-23-37-41(40)39-28(25)14-9-21-36(39)48-37)47(33)44-42(45-31-17-4-5-18-32(31)46-44)30-16-7-15-29-26-12-3-6-20-35(26)49-43(29)30;1-2-11-25-24(10-1)27-13-8-19-33-38(27)40-34(22-23-36-41(40)39-28(25)14-9-20-35(39)48-36)47(33)44-42(45-31-17-4-5-18-32(31)46-44)30-16-7-15-29-26-12-3-6-21-37(26)49-43(29)30;1-2-10-22(11-3-1)37-27-14-6-7-17-28(27)39-38(40-37)41-29-18-8-15-25-23-12-4-5-13-24(23)26-16-9-19-31-34(26)36-32(42-31)21-20-30(41)35(36)33(25)29/h2*1-23H;1-21H. The van der Waals surface area contributed by atoms with Crippen LogP contribution in [-0.2, 0) is 0 Å². The van der Waals surface area contributed by atoms with Gasteiger partial charge in [0.1, 0.15) is 56.1 Å². The molecule has 0 unspecified atom stereocenters. The Bertz CT molecular complexity index is 10900. The Balaban J connectivity index is 0.0000000953. The average Bonchev–Trinajstić information content (AvgIpc) is 1.54. The summed E-state index contributed by atoms with van der Waals surface area (Å²) < 4.78 is 35.6. The monoisotopic (exact) mass is 1800 g/mol. The van der Waals surface area contributed by atoms with Crippen molar-refractivity contribution in [3.05, 3.63) is 406 Å². The summed E-state index contributed by atoms with van der Waals surface area (Å²) in [6, 6.07) is 143. The maximum absolute atomic E-state index is 6.60. The number of benzene rings is 20. The molecule has 34 rings (SSSR count). The van der Waals surface area contributed by atoms with Gasteiger partial charge in [-0.25, -0.2) is 29.9 Å². The molecule has 646 valence electrons. The quantitative estimate of drug-likeness (QED) is 0.158. The number of nitrogens with zero attached hydrogens (tertiary/aromatic N) is 9. The topological polar surface area (TPSA) is 145 Å². The first-order chi connectivity index (χ1) is 69.5. The van der Waals surface area contributed by atoms with Gasteiger partial charge in [-0.1, -0.05) is 285 Å². The van der Waals surface area contributed by atoms with Gasteiger partial charge in [-0.05, 0) is 186 Å². The van der Waals surface area contributed by atoms with Crippen LogP contribution < -0.4 is 0 Å². The van der Waals surface area contributed by atoms with Crippen molar-refractivity contribution in [2.24, 2.45) is 0 Å². The second kappa shape index (κ2) is 28.4. The van der Waals surface area contributed by atoms with Crippen LogP contribution in [0.3, 0.4) is 0 Å². The average molecular weight is 1800 g/mol. The highest BCUT2D eigenvalue weighted by molar-refractivity contribution is 7.26. The molecule has 0 amide bonds. The molecule has 34 aromatic rings. The summed E-state index contributed by atoms with van der Waals surface area (Å²) >= 11 is 1.82. The Morgan fingerprint density at radius 3 is 1.01 bits per heavy atom. The van der Waals surface area contributed by atoms with Gasteiger partial charge in [0.2, 0.25) is 5.95 Å². The first kappa shape index (κ1) is 75.6. The third kappa shape index (κ3) is 10.4. The minimum absolute atomic E-state index is 0.657. The molecule has 11 aromatic heterocycles. The fraction of sp³-hybridized carbons (Fsp3) is 0. The molecular formula is C126H67N9O4S. The first-order valence-electron chi connectivity index (χ1n) is 47.2. The summed E-state index contributed by atoms with van der Waals surface area (Å²) in [7, 11) is 0. The number of fused-ring (bicyclic) bond motifs is 18. The number of rotatable bonds is 6. The zero-order chi connectivity index (χ0) is 91.0. The Kier molecular flexibility index (Phi) is 15.4. The third-order valence-corrected chi connectivity index (χ3v) is 30.7. The van der Waals surface area contributed by atoms with Crippen molar-refractivity contribution < 1.29 is 17.7 Å². The summed E-state index contributed by atoms with van der Waals surface area (Å²) in [5.74, 6) is 2.23. The van der Waals surface area contributed by atoms with Gasteiger partial charge >= 0.3 is 0 Å². The molecule has 0 fully saturated rings. The van der Waals surface area contributed by atoms with E-state index < -0.39 is 0 Å². The Labute approximate surface area is 795 Å². The molecule has 0 aliphatic rings. The molecule has 14 heteroatoms. The second-order valence-corrected chi connectivity index (χ2v) is 37.7. The van der Waals surface area contributed by atoms with Gasteiger partial charge in [0.25, 0.3) is 0 Å². The van der Waals surface area contributed by atoms with Crippen molar-refractivity contribution in [3.63, 3.8) is 0 Å². The number of para-hydroxylation sites is 7. The van der Waals surface area contributed by atoms with Crippen molar-refractivity contribution in [2.45, 2.75) is 0 Å². The van der Waals surface area contributed by atoms with Crippen LogP contribution in [0.5, 0.6) is 0 Å². The second-order valence-electron chi connectivity index (χ2n) is 36.7. The predicted molar refractivity (Wildman–Crippen MR) is 579 cm³/mol. The fourth-order valence-electron chi connectivity index (χ4n) is 23.7. The molecule has 0 N–H and O–H groups in total. The highest BCUT2D eigenvalue weighted by Crippen LogP contribution is 2.54. The Morgan fingerprint density at radius 1 is 0.179 bits per heavy atom. The lowest BCUT2D eigenvalue weighted by Crippen LogP contribution is -2.03. The lowest BCUT2D eigenvalue weighted by molar-refractivity contribution is 0.669. The zero-order valence-corrected chi connectivity index (χ0v) is 75.1. The van der Waals surface area contributed by atoms with Crippen LogP contribution in [0.1, 0.15) is 0 Å². The number of hydrogen-bond acceptors (Lipinski definition) is 11. The van der Waals surface area contributed by atoms with E-state index in [2.05, 4.69) is 359 Å². The third-order valence-electron chi connectivity index (χ3n) is 29.5. The van der Waals surface area contributed by atoms with Crippen LogP contribution in [0.25, 0.3) is 322 Å². The van der Waals surface area contributed by atoms with E-state index in [0.29, 0.717) is 5.95 Å². The van der Waals surface area contributed by atoms with Crippen molar-refractivity contribution in [1.82, 2.24) is 43.6 Å². The van der Waals surface area contributed by atoms with Crippen LogP contribution in [-0.4, -0.2) is 43.6 Å². The van der Waals surface area contributed by atoms with Crippen molar-refractivity contribution >= 4 is 282 Å². The van der Waals surface area contributed by atoms with E-state index in [1.165, 1.54) is 112 Å². The van der Waals surface area contributed by atoms with Gasteiger partial charge in [0.05, 0.1) is 66.4 Å². The first-order valence-corrected chi connectivity index (χ1v) is 48.0.